The van der Waals surface area contributed by atoms with Crippen molar-refractivity contribution in [1.29, 1.82) is 0 Å². The van der Waals surface area contributed by atoms with E-state index in [-0.39, 0.29) is 12.1 Å². The highest BCUT2D eigenvalue weighted by molar-refractivity contribution is 5.74. The van der Waals surface area contributed by atoms with Gasteiger partial charge >= 0.3 is 6.03 Å². The lowest BCUT2D eigenvalue weighted by Crippen LogP contribution is -2.49. The van der Waals surface area contributed by atoms with Crippen LogP contribution in [0, 0.1) is 0 Å². The fourth-order valence-corrected chi connectivity index (χ4v) is 2.38. The molecule has 1 fully saturated rings. The molecule has 1 N–H and O–H groups in total. The molecule has 2 rings (SSSR count). The van der Waals surface area contributed by atoms with Crippen LogP contribution in [0.2, 0.25) is 0 Å². The number of ether oxygens (including phenoxy) is 2. The van der Waals surface area contributed by atoms with Crippen molar-refractivity contribution in [3.63, 3.8) is 0 Å². The highest BCUT2D eigenvalue weighted by atomic mass is 16.5. The molecule has 1 aromatic heterocycles. The zero-order chi connectivity index (χ0) is 16.7. The number of anilines is 1. The van der Waals surface area contributed by atoms with Gasteiger partial charge in [0.05, 0.1) is 13.2 Å². The van der Waals surface area contributed by atoms with E-state index in [0.29, 0.717) is 25.6 Å². The molecule has 2 amide bonds. The van der Waals surface area contributed by atoms with E-state index in [9.17, 15) is 4.79 Å². The van der Waals surface area contributed by atoms with Crippen molar-refractivity contribution < 1.29 is 14.3 Å². The maximum Gasteiger partial charge on any atom is 0.317 e. The molecule has 8 heteroatoms. The van der Waals surface area contributed by atoms with Crippen LogP contribution in [0.4, 0.5) is 10.6 Å². The number of hydrogen-bond donors (Lipinski definition) is 1. The molecule has 0 radical (unpaired) electrons. The Kier molecular flexibility index (Phi) is 6.40. The van der Waals surface area contributed by atoms with Crippen LogP contribution in [0.5, 0.6) is 5.88 Å². The van der Waals surface area contributed by atoms with Gasteiger partial charge in [0.15, 0.2) is 5.82 Å². The van der Waals surface area contributed by atoms with Crippen LogP contribution >= 0.6 is 0 Å². The Morgan fingerprint density at radius 3 is 2.91 bits per heavy atom. The molecule has 8 nitrogen and oxygen atoms in total. The molecular formula is C15H25N5O3. The van der Waals surface area contributed by atoms with Gasteiger partial charge in [-0.25, -0.2) is 4.79 Å². The smallest absolute Gasteiger partial charge is 0.317 e. The number of nitrogens with zero attached hydrogens (tertiary/aromatic N) is 4. The van der Waals surface area contributed by atoms with Gasteiger partial charge in [0, 0.05) is 40.4 Å². The maximum atomic E-state index is 12.1. The van der Waals surface area contributed by atoms with Gasteiger partial charge < -0.3 is 24.6 Å². The molecule has 1 saturated heterocycles. The largest absolute Gasteiger partial charge is 0.471 e. The Bertz CT molecular complexity index is 494. The standard InChI is InChI=1S/C15H25N5O3/c1-19(2)13-6-7-14(18-17-13)23-12-5-4-9-20(11-12)15(21)16-8-10-22-3/h6-7,12H,4-5,8-11H2,1-3H3,(H,16,21). The second-order valence-corrected chi connectivity index (χ2v) is 5.68. The number of aromatic nitrogens is 2. The van der Waals surface area contributed by atoms with Crippen LogP contribution in [0.3, 0.4) is 0 Å². The first-order valence-corrected chi connectivity index (χ1v) is 7.79. The quantitative estimate of drug-likeness (QED) is 0.778. The van der Waals surface area contributed by atoms with E-state index in [1.165, 1.54) is 0 Å². The summed E-state index contributed by atoms with van der Waals surface area (Å²) >= 11 is 0. The van der Waals surface area contributed by atoms with Crippen LogP contribution in [-0.2, 0) is 4.74 Å². The highest BCUT2D eigenvalue weighted by Gasteiger charge is 2.25. The van der Waals surface area contributed by atoms with E-state index >= 15 is 0 Å². The van der Waals surface area contributed by atoms with Crippen LogP contribution in [-0.4, -0.2) is 74.7 Å². The summed E-state index contributed by atoms with van der Waals surface area (Å²) in [4.78, 5) is 15.7. The lowest BCUT2D eigenvalue weighted by Gasteiger charge is -2.32. The third kappa shape index (κ3) is 5.24. The number of hydrogen-bond acceptors (Lipinski definition) is 6. The van der Waals surface area contributed by atoms with E-state index in [2.05, 4.69) is 15.5 Å². The van der Waals surface area contributed by atoms with Gasteiger partial charge in [-0.3, -0.25) is 0 Å². The average molecular weight is 323 g/mol. The predicted molar refractivity (Wildman–Crippen MR) is 86.9 cm³/mol. The Morgan fingerprint density at radius 1 is 1.43 bits per heavy atom. The first-order valence-electron chi connectivity index (χ1n) is 7.79. The molecule has 0 aliphatic carbocycles. The first kappa shape index (κ1) is 17.3. The lowest BCUT2D eigenvalue weighted by atomic mass is 10.1. The van der Waals surface area contributed by atoms with Crippen molar-refractivity contribution in [2.24, 2.45) is 0 Å². The summed E-state index contributed by atoms with van der Waals surface area (Å²) in [5, 5.41) is 11.0. The molecule has 0 bridgehead atoms. The number of carbonyl (C=O) groups is 1. The minimum absolute atomic E-state index is 0.0589. The van der Waals surface area contributed by atoms with Crippen molar-refractivity contribution in [1.82, 2.24) is 20.4 Å². The van der Waals surface area contributed by atoms with Gasteiger partial charge in [-0.15, -0.1) is 10.2 Å². The number of carbonyl (C=O) groups excluding carboxylic acids is 1. The van der Waals surface area contributed by atoms with Crippen molar-refractivity contribution in [2.45, 2.75) is 18.9 Å². The molecule has 1 unspecified atom stereocenters. The SMILES string of the molecule is COCCNC(=O)N1CCCC(Oc2ccc(N(C)C)nn2)C1. The summed E-state index contributed by atoms with van der Waals surface area (Å²) in [5.74, 6) is 1.27. The van der Waals surface area contributed by atoms with Gasteiger partial charge in [-0.1, -0.05) is 0 Å². The number of methoxy groups -OCH3 is 1. The second kappa shape index (κ2) is 8.52. The predicted octanol–water partition coefficient (Wildman–Crippen LogP) is 0.742. The number of amides is 2. The Labute approximate surface area is 136 Å². The summed E-state index contributed by atoms with van der Waals surface area (Å²) in [6.07, 6.45) is 1.75. The minimum atomic E-state index is -0.0793. The highest BCUT2D eigenvalue weighted by Crippen LogP contribution is 2.17. The van der Waals surface area contributed by atoms with Gasteiger partial charge in [-0.05, 0) is 18.9 Å². The molecular weight excluding hydrogens is 298 g/mol. The molecule has 2 heterocycles. The Balaban J connectivity index is 1.84. The monoisotopic (exact) mass is 323 g/mol. The number of nitrogens with one attached hydrogen (secondary N) is 1. The second-order valence-electron chi connectivity index (χ2n) is 5.68. The van der Waals surface area contributed by atoms with Crippen LogP contribution in [0.1, 0.15) is 12.8 Å². The number of urea groups is 1. The van der Waals surface area contributed by atoms with E-state index < -0.39 is 0 Å². The van der Waals surface area contributed by atoms with Crippen molar-refractivity contribution >= 4 is 11.8 Å². The van der Waals surface area contributed by atoms with E-state index in [4.69, 9.17) is 9.47 Å². The summed E-state index contributed by atoms with van der Waals surface area (Å²) in [6, 6.07) is 3.59. The zero-order valence-corrected chi connectivity index (χ0v) is 14.0. The van der Waals surface area contributed by atoms with Crippen molar-refractivity contribution in [3.05, 3.63) is 12.1 Å². The molecule has 1 atom stereocenters. The van der Waals surface area contributed by atoms with Crippen LogP contribution in [0.25, 0.3) is 0 Å². The fraction of sp³-hybridized carbons (Fsp3) is 0.667. The van der Waals surface area contributed by atoms with Gasteiger partial charge in [0.2, 0.25) is 5.88 Å². The fourth-order valence-electron chi connectivity index (χ4n) is 2.38. The first-order chi connectivity index (χ1) is 11.1. The van der Waals surface area contributed by atoms with E-state index in [1.54, 1.807) is 18.1 Å². The molecule has 1 aromatic rings. The number of likely N-dealkylation sites (tertiary alicyclic amines) is 1. The minimum Gasteiger partial charge on any atom is -0.471 e. The van der Waals surface area contributed by atoms with Gasteiger partial charge in [0.25, 0.3) is 0 Å². The van der Waals surface area contributed by atoms with Crippen molar-refractivity contribution in [3.8, 4) is 5.88 Å². The topological polar surface area (TPSA) is 79.8 Å². The number of rotatable bonds is 6. The zero-order valence-electron chi connectivity index (χ0n) is 14.0. The van der Waals surface area contributed by atoms with Gasteiger partial charge in [-0.2, -0.15) is 0 Å². The summed E-state index contributed by atoms with van der Waals surface area (Å²) in [5.41, 5.74) is 0. The Hall–Kier alpha value is -2.09. The molecule has 0 spiro atoms. The molecule has 128 valence electrons. The molecule has 1 aliphatic heterocycles. The third-order valence-electron chi connectivity index (χ3n) is 3.62. The summed E-state index contributed by atoms with van der Waals surface area (Å²) in [6.45, 7) is 2.31. The summed E-state index contributed by atoms with van der Waals surface area (Å²) < 4.78 is 10.8. The van der Waals surface area contributed by atoms with Gasteiger partial charge in [0.1, 0.15) is 6.10 Å². The van der Waals surface area contributed by atoms with E-state index in [1.807, 2.05) is 25.1 Å². The summed E-state index contributed by atoms with van der Waals surface area (Å²) in [7, 11) is 5.43. The Morgan fingerprint density at radius 2 is 2.26 bits per heavy atom. The maximum absolute atomic E-state index is 12.1. The lowest BCUT2D eigenvalue weighted by molar-refractivity contribution is 0.0959. The normalized spacial score (nSPS) is 17.7. The number of piperidine rings is 1. The van der Waals surface area contributed by atoms with Crippen LogP contribution < -0.4 is 15.0 Å². The van der Waals surface area contributed by atoms with Crippen LogP contribution in [0.15, 0.2) is 12.1 Å². The molecule has 23 heavy (non-hydrogen) atoms. The molecule has 1 aliphatic rings. The van der Waals surface area contributed by atoms with Crippen molar-refractivity contribution in [2.75, 3.05) is 52.3 Å². The molecule has 0 saturated carbocycles. The third-order valence-corrected chi connectivity index (χ3v) is 3.62. The molecule has 0 aromatic carbocycles. The van der Waals surface area contributed by atoms with E-state index in [0.717, 1.165) is 25.2 Å². The average Bonchev–Trinajstić information content (AvgIpc) is 2.56.